The fourth-order valence-electron chi connectivity index (χ4n) is 2.55. The summed E-state index contributed by atoms with van der Waals surface area (Å²) in [6.45, 7) is 0.0650. The first-order valence-corrected chi connectivity index (χ1v) is 9.58. The summed E-state index contributed by atoms with van der Waals surface area (Å²) < 4.78 is 24.1. The zero-order valence-electron chi connectivity index (χ0n) is 11.9. The van der Waals surface area contributed by atoms with Gasteiger partial charge in [0.2, 0.25) is 5.91 Å². The zero-order chi connectivity index (χ0) is 15.5. The van der Waals surface area contributed by atoms with Crippen LogP contribution in [-0.2, 0) is 14.6 Å². The Balaban J connectivity index is 2.03. The van der Waals surface area contributed by atoms with Crippen LogP contribution in [0.15, 0.2) is 27.6 Å². The second-order valence-electron chi connectivity index (χ2n) is 5.29. The number of hydrogen-bond donors (Lipinski definition) is 2. The number of sulfone groups is 1. The van der Waals surface area contributed by atoms with E-state index in [1.54, 1.807) is 18.2 Å². The van der Waals surface area contributed by atoms with Gasteiger partial charge >= 0.3 is 0 Å². The van der Waals surface area contributed by atoms with Crippen molar-refractivity contribution in [3.63, 3.8) is 0 Å². The van der Waals surface area contributed by atoms with Crippen molar-refractivity contribution in [2.24, 2.45) is 0 Å². The van der Waals surface area contributed by atoms with E-state index in [0.717, 1.165) is 31.9 Å². The van der Waals surface area contributed by atoms with E-state index >= 15 is 0 Å². The molecule has 0 saturated heterocycles. The molecule has 0 aliphatic heterocycles. The predicted molar refractivity (Wildman–Crippen MR) is 86.1 cm³/mol. The van der Waals surface area contributed by atoms with Gasteiger partial charge in [0.05, 0.1) is 12.2 Å². The third kappa shape index (κ3) is 4.44. The summed E-state index contributed by atoms with van der Waals surface area (Å²) in [7, 11) is -3.38. The molecule has 1 aliphatic rings. The van der Waals surface area contributed by atoms with Crippen molar-refractivity contribution in [3.8, 4) is 0 Å². The van der Waals surface area contributed by atoms with Crippen LogP contribution < -0.4 is 10.6 Å². The minimum absolute atomic E-state index is 0.0650. The summed E-state index contributed by atoms with van der Waals surface area (Å²) >= 11 is 3.24. The lowest BCUT2D eigenvalue weighted by molar-refractivity contribution is -0.120. The number of hydrogen-bond acceptors (Lipinski definition) is 4. The first kappa shape index (κ1) is 16.3. The lowest BCUT2D eigenvalue weighted by atomic mass is 10.2. The molecule has 1 aromatic carbocycles. The van der Waals surface area contributed by atoms with Crippen LogP contribution in [0, 0.1) is 0 Å². The van der Waals surface area contributed by atoms with Gasteiger partial charge < -0.3 is 10.6 Å². The first-order chi connectivity index (χ1) is 9.88. The van der Waals surface area contributed by atoms with E-state index in [1.165, 1.54) is 0 Å². The molecule has 0 aromatic heterocycles. The molecular formula is C14H19BrN2O3S. The highest BCUT2D eigenvalue weighted by molar-refractivity contribution is 9.10. The third-order valence-electron chi connectivity index (χ3n) is 3.50. The molecule has 1 saturated carbocycles. The number of rotatable bonds is 5. The van der Waals surface area contributed by atoms with Crippen LogP contribution in [0.2, 0.25) is 0 Å². The molecule has 0 unspecified atom stereocenters. The summed E-state index contributed by atoms with van der Waals surface area (Å²) in [5.74, 6) is -0.110. The maximum atomic E-state index is 11.9. The molecule has 7 heteroatoms. The topological polar surface area (TPSA) is 75.3 Å². The van der Waals surface area contributed by atoms with Crippen molar-refractivity contribution < 1.29 is 13.2 Å². The highest BCUT2D eigenvalue weighted by Crippen LogP contribution is 2.29. The molecule has 1 fully saturated rings. The Bertz CT molecular complexity index is 625. The van der Waals surface area contributed by atoms with Crippen LogP contribution in [0.5, 0.6) is 0 Å². The Hall–Kier alpha value is -1.08. The maximum absolute atomic E-state index is 11.9. The molecule has 0 bridgehead atoms. The summed E-state index contributed by atoms with van der Waals surface area (Å²) in [4.78, 5) is 12.1. The Morgan fingerprint density at radius 1 is 1.33 bits per heavy atom. The van der Waals surface area contributed by atoms with E-state index in [0.29, 0.717) is 10.2 Å². The molecule has 21 heavy (non-hydrogen) atoms. The van der Waals surface area contributed by atoms with Gasteiger partial charge in [-0.15, -0.1) is 0 Å². The normalized spacial score (nSPS) is 15.9. The number of carbonyl (C=O) groups excluding carboxylic acids is 1. The lowest BCUT2D eigenvalue weighted by Gasteiger charge is -2.15. The van der Waals surface area contributed by atoms with Crippen molar-refractivity contribution in [1.29, 1.82) is 0 Å². The highest BCUT2D eigenvalue weighted by atomic mass is 79.9. The molecule has 5 nitrogen and oxygen atoms in total. The minimum Gasteiger partial charge on any atom is -0.375 e. The summed E-state index contributed by atoms with van der Waals surface area (Å²) in [6, 6.07) is 5.32. The molecule has 2 rings (SSSR count). The molecule has 116 valence electrons. The third-order valence-corrected chi connectivity index (χ3v) is 5.60. The van der Waals surface area contributed by atoms with Crippen molar-refractivity contribution >= 4 is 37.4 Å². The molecule has 1 aliphatic carbocycles. The first-order valence-electron chi connectivity index (χ1n) is 6.90. The number of nitrogens with one attached hydrogen (secondary N) is 2. The number of carbonyl (C=O) groups is 1. The molecule has 0 heterocycles. The monoisotopic (exact) mass is 374 g/mol. The quantitative estimate of drug-likeness (QED) is 0.828. The molecule has 1 amide bonds. The summed E-state index contributed by atoms with van der Waals surface area (Å²) in [6.07, 6.45) is 5.51. The Labute approximate surface area is 133 Å². The smallest absolute Gasteiger partial charge is 0.239 e. The fraction of sp³-hybridized carbons (Fsp3) is 0.500. The highest BCUT2D eigenvalue weighted by Gasteiger charge is 2.19. The van der Waals surface area contributed by atoms with Gasteiger partial charge in [-0.2, -0.15) is 0 Å². The van der Waals surface area contributed by atoms with E-state index in [9.17, 15) is 13.2 Å². The molecule has 2 N–H and O–H groups in total. The molecule has 0 atom stereocenters. The average molecular weight is 375 g/mol. The largest absolute Gasteiger partial charge is 0.375 e. The summed E-state index contributed by atoms with van der Waals surface area (Å²) in [5.41, 5.74) is 0.438. The SMILES string of the molecule is CS(=O)(=O)c1c(Br)cccc1NCC(=O)NC1CCCC1. The Kier molecular flexibility index (Phi) is 5.27. The molecule has 1 aromatic rings. The lowest BCUT2D eigenvalue weighted by Crippen LogP contribution is -2.36. The number of amides is 1. The van der Waals surface area contributed by atoms with Gasteiger partial charge in [0.1, 0.15) is 4.90 Å². The van der Waals surface area contributed by atoms with E-state index in [-0.39, 0.29) is 23.4 Å². The minimum atomic E-state index is -3.38. The van der Waals surface area contributed by atoms with Crippen molar-refractivity contribution in [3.05, 3.63) is 22.7 Å². The molecule has 0 radical (unpaired) electrons. The van der Waals surface area contributed by atoms with Crippen LogP contribution in [0.25, 0.3) is 0 Å². The standard InChI is InChI=1S/C14H19BrN2O3S/c1-21(19,20)14-11(15)7-4-8-12(14)16-9-13(18)17-10-5-2-3-6-10/h4,7-8,10,16H,2-3,5-6,9H2,1H3,(H,17,18). The van der Waals surface area contributed by atoms with Crippen molar-refractivity contribution in [2.45, 2.75) is 36.6 Å². The van der Waals surface area contributed by atoms with Crippen LogP contribution >= 0.6 is 15.9 Å². The van der Waals surface area contributed by atoms with Crippen LogP contribution in [0.3, 0.4) is 0 Å². The van der Waals surface area contributed by atoms with Gasteiger partial charge in [-0.3, -0.25) is 4.79 Å². The second-order valence-corrected chi connectivity index (χ2v) is 8.10. The van der Waals surface area contributed by atoms with Gasteiger partial charge in [0.25, 0.3) is 0 Å². The van der Waals surface area contributed by atoms with Gasteiger partial charge in [0, 0.05) is 16.8 Å². The molecular weight excluding hydrogens is 356 g/mol. The van der Waals surface area contributed by atoms with Crippen LogP contribution in [-0.4, -0.2) is 33.2 Å². The second kappa shape index (κ2) is 6.79. The molecule has 0 spiro atoms. The Morgan fingerprint density at radius 2 is 2.00 bits per heavy atom. The fourth-order valence-corrected chi connectivity index (χ4v) is 4.76. The number of anilines is 1. The van der Waals surface area contributed by atoms with Crippen molar-refractivity contribution in [1.82, 2.24) is 5.32 Å². The van der Waals surface area contributed by atoms with Crippen LogP contribution in [0.4, 0.5) is 5.69 Å². The Morgan fingerprint density at radius 3 is 2.62 bits per heavy atom. The van der Waals surface area contributed by atoms with E-state index in [4.69, 9.17) is 0 Å². The number of halogens is 1. The van der Waals surface area contributed by atoms with Crippen molar-refractivity contribution in [2.75, 3.05) is 18.1 Å². The van der Waals surface area contributed by atoms with Gasteiger partial charge in [-0.1, -0.05) is 18.9 Å². The van der Waals surface area contributed by atoms with E-state index in [1.807, 2.05) is 0 Å². The van der Waals surface area contributed by atoms with Gasteiger partial charge in [-0.05, 0) is 40.9 Å². The summed E-state index contributed by atoms with van der Waals surface area (Å²) in [5, 5.41) is 5.87. The maximum Gasteiger partial charge on any atom is 0.239 e. The van der Waals surface area contributed by atoms with Crippen LogP contribution in [0.1, 0.15) is 25.7 Å². The zero-order valence-corrected chi connectivity index (χ0v) is 14.3. The van der Waals surface area contributed by atoms with Gasteiger partial charge in [-0.25, -0.2) is 8.42 Å². The number of benzene rings is 1. The van der Waals surface area contributed by atoms with E-state index < -0.39 is 9.84 Å². The van der Waals surface area contributed by atoms with Gasteiger partial charge in [0.15, 0.2) is 9.84 Å². The predicted octanol–water partition coefficient (Wildman–Crippen LogP) is 2.32. The van der Waals surface area contributed by atoms with E-state index in [2.05, 4.69) is 26.6 Å². The average Bonchev–Trinajstić information content (AvgIpc) is 2.87.